The number of hydrogen-bond donors (Lipinski definition) is 2. The van der Waals surface area contributed by atoms with Crippen molar-refractivity contribution < 1.29 is 4.74 Å². The molecule has 0 aliphatic rings. The molecule has 0 atom stereocenters. The van der Waals surface area contributed by atoms with Crippen LogP contribution in [0.25, 0.3) is 0 Å². The van der Waals surface area contributed by atoms with Gasteiger partial charge in [0.2, 0.25) is 0 Å². The number of hydrazine groups is 1. The van der Waals surface area contributed by atoms with Crippen molar-refractivity contribution in [1.29, 1.82) is 0 Å². The third-order valence-electron chi connectivity index (χ3n) is 3.14. The van der Waals surface area contributed by atoms with E-state index in [1.165, 1.54) is 5.56 Å². The molecule has 0 radical (unpaired) electrons. The number of benzene rings is 1. The molecule has 3 N–H and O–H groups in total. The summed E-state index contributed by atoms with van der Waals surface area (Å²) >= 11 is 0. The molecule has 0 fully saturated rings. The lowest BCUT2D eigenvalue weighted by molar-refractivity contribution is 0.295. The van der Waals surface area contributed by atoms with Gasteiger partial charge in [0.15, 0.2) is 5.82 Å². The molecule has 0 aliphatic heterocycles. The van der Waals surface area contributed by atoms with Crippen LogP contribution in [0, 0.1) is 6.92 Å². The molecule has 21 heavy (non-hydrogen) atoms. The third kappa shape index (κ3) is 4.16. The van der Waals surface area contributed by atoms with Crippen LogP contribution >= 0.6 is 0 Å². The third-order valence-corrected chi connectivity index (χ3v) is 3.14. The van der Waals surface area contributed by atoms with Crippen LogP contribution in [0.4, 0.5) is 5.82 Å². The molecule has 112 valence electrons. The van der Waals surface area contributed by atoms with Gasteiger partial charge in [0.05, 0.1) is 0 Å². The van der Waals surface area contributed by atoms with Crippen LogP contribution in [0.15, 0.2) is 30.3 Å². The molecule has 5 nitrogen and oxygen atoms in total. The van der Waals surface area contributed by atoms with Gasteiger partial charge in [-0.25, -0.2) is 15.8 Å². The molecule has 0 unspecified atom stereocenters. The highest BCUT2D eigenvalue weighted by Crippen LogP contribution is 2.24. The molecule has 0 saturated heterocycles. The summed E-state index contributed by atoms with van der Waals surface area (Å²) in [6.45, 7) is 8.76. The SMILES string of the molecule is Cc1cc(NN)nc(COc2ccc(C(C)(C)C)cc2)n1. The highest BCUT2D eigenvalue weighted by Gasteiger charge is 2.13. The second-order valence-electron chi connectivity index (χ2n) is 6.02. The molecule has 2 aromatic rings. The molecule has 1 aromatic carbocycles. The lowest BCUT2D eigenvalue weighted by Crippen LogP contribution is -2.12. The Morgan fingerprint density at radius 3 is 2.38 bits per heavy atom. The average molecular weight is 286 g/mol. The fourth-order valence-electron chi connectivity index (χ4n) is 1.97. The van der Waals surface area contributed by atoms with Crippen LogP contribution in [0.1, 0.15) is 37.9 Å². The number of nitrogens with one attached hydrogen (secondary N) is 1. The van der Waals surface area contributed by atoms with Gasteiger partial charge in [-0.1, -0.05) is 32.9 Å². The summed E-state index contributed by atoms with van der Waals surface area (Å²) in [5, 5.41) is 0. The van der Waals surface area contributed by atoms with Crippen LogP contribution in [-0.4, -0.2) is 9.97 Å². The number of aryl methyl sites for hydroxylation is 1. The molecule has 0 spiro atoms. The first kappa shape index (κ1) is 15.3. The Labute approximate surface area is 125 Å². The number of nitrogens with zero attached hydrogens (tertiary/aromatic N) is 2. The molecule has 1 heterocycles. The first-order chi connectivity index (χ1) is 9.88. The van der Waals surface area contributed by atoms with Crippen molar-refractivity contribution in [2.75, 3.05) is 5.43 Å². The second-order valence-corrected chi connectivity index (χ2v) is 6.02. The van der Waals surface area contributed by atoms with Crippen molar-refractivity contribution in [2.24, 2.45) is 5.84 Å². The van der Waals surface area contributed by atoms with Crippen LogP contribution in [0.5, 0.6) is 5.75 Å². The van der Waals surface area contributed by atoms with E-state index in [1.54, 1.807) is 6.07 Å². The zero-order valence-electron chi connectivity index (χ0n) is 13.0. The highest BCUT2D eigenvalue weighted by molar-refractivity contribution is 5.34. The molecule has 0 amide bonds. The monoisotopic (exact) mass is 286 g/mol. The van der Waals surface area contributed by atoms with E-state index in [0.29, 0.717) is 18.2 Å². The molecule has 5 heteroatoms. The minimum atomic E-state index is 0.139. The minimum absolute atomic E-state index is 0.139. The average Bonchev–Trinajstić information content (AvgIpc) is 2.44. The van der Waals surface area contributed by atoms with Gasteiger partial charge in [-0.15, -0.1) is 0 Å². The van der Waals surface area contributed by atoms with Gasteiger partial charge in [-0.05, 0) is 30.0 Å². The predicted molar refractivity (Wildman–Crippen MR) is 84.1 cm³/mol. The van der Waals surface area contributed by atoms with Gasteiger partial charge in [-0.3, -0.25) is 0 Å². The van der Waals surface area contributed by atoms with Crippen molar-refractivity contribution in [1.82, 2.24) is 9.97 Å². The van der Waals surface area contributed by atoms with E-state index in [0.717, 1.165) is 11.4 Å². The summed E-state index contributed by atoms with van der Waals surface area (Å²) in [6, 6.07) is 9.89. The molecular formula is C16H22N4O. The zero-order chi connectivity index (χ0) is 15.5. The summed E-state index contributed by atoms with van der Waals surface area (Å²) in [7, 11) is 0. The fraction of sp³-hybridized carbons (Fsp3) is 0.375. The van der Waals surface area contributed by atoms with Gasteiger partial charge < -0.3 is 10.2 Å². The maximum Gasteiger partial charge on any atom is 0.168 e. The smallest absolute Gasteiger partial charge is 0.168 e. The number of rotatable bonds is 4. The topological polar surface area (TPSA) is 73.1 Å². The summed E-state index contributed by atoms with van der Waals surface area (Å²) < 4.78 is 5.72. The molecule has 0 saturated carbocycles. The lowest BCUT2D eigenvalue weighted by atomic mass is 9.87. The van der Waals surface area contributed by atoms with Crippen molar-refractivity contribution in [2.45, 2.75) is 39.7 Å². The van der Waals surface area contributed by atoms with Crippen LogP contribution in [0.2, 0.25) is 0 Å². The first-order valence-electron chi connectivity index (χ1n) is 6.93. The van der Waals surface area contributed by atoms with E-state index in [-0.39, 0.29) is 5.41 Å². The van der Waals surface area contributed by atoms with E-state index in [2.05, 4.69) is 48.3 Å². The number of anilines is 1. The summed E-state index contributed by atoms with van der Waals surface area (Å²) in [5.74, 6) is 7.36. The van der Waals surface area contributed by atoms with Gasteiger partial charge in [0.25, 0.3) is 0 Å². The Kier molecular flexibility index (Phi) is 4.43. The Morgan fingerprint density at radius 2 is 1.81 bits per heavy atom. The normalized spacial score (nSPS) is 11.3. The van der Waals surface area contributed by atoms with E-state index < -0.39 is 0 Å². The Morgan fingerprint density at radius 1 is 1.14 bits per heavy atom. The molecule has 0 bridgehead atoms. The molecule has 0 aliphatic carbocycles. The van der Waals surface area contributed by atoms with Crippen molar-refractivity contribution in [3.8, 4) is 5.75 Å². The minimum Gasteiger partial charge on any atom is -0.486 e. The van der Waals surface area contributed by atoms with E-state index in [9.17, 15) is 0 Å². The summed E-state index contributed by atoms with van der Waals surface area (Å²) in [4.78, 5) is 8.57. The fourth-order valence-corrected chi connectivity index (χ4v) is 1.97. The quantitative estimate of drug-likeness (QED) is 0.668. The van der Waals surface area contributed by atoms with Gasteiger partial charge in [0, 0.05) is 11.8 Å². The lowest BCUT2D eigenvalue weighted by Gasteiger charge is -2.19. The largest absolute Gasteiger partial charge is 0.486 e. The first-order valence-corrected chi connectivity index (χ1v) is 6.93. The van der Waals surface area contributed by atoms with Gasteiger partial charge in [-0.2, -0.15) is 0 Å². The van der Waals surface area contributed by atoms with Crippen molar-refractivity contribution >= 4 is 5.82 Å². The second kappa shape index (κ2) is 6.10. The van der Waals surface area contributed by atoms with Gasteiger partial charge >= 0.3 is 0 Å². The number of nitrogens with two attached hydrogens (primary N) is 1. The van der Waals surface area contributed by atoms with E-state index in [4.69, 9.17) is 10.6 Å². The molecule has 1 aromatic heterocycles. The Bertz CT molecular complexity index is 603. The number of ether oxygens (including phenoxy) is 1. The van der Waals surface area contributed by atoms with Crippen LogP contribution in [0.3, 0.4) is 0 Å². The molecule has 2 rings (SSSR count). The summed E-state index contributed by atoms with van der Waals surface area (Å²) in [6.07, 6.45) is 0. The Hall–Kier alpha value is -2.14. The van der Waals surface area contributed by atoms with Crippen molar-refractivity contribution in [3.05, 3.63) is 47.4 Å². The number of aromatic nitrogens is 2. The maximum atomic E-state index is 5.72. The van der Waals surface area contributed by atoms with Crippen LogP contribution in [-0.2, 0) is 12.0 Å². The number of nitrogen functional groups attached to an aromatic ring is 1. The summed E-state index contributed by atoms with van der Waals surface area (Å²) in [5.41, 5.74) is 4.78. The Balaban J connectivity index is 2.05. The molecular weight excluding hydrogens is 264 g/mol. The number of hydrogen-bond acceptors (Lipinski definition) is 5. The standard InChI is InChI=1S/C16H22N4O/c1-11-9-14(20-17)19-15(18-11)10-21-13-7-5-12(6-8-13)16(2,3)4/h5-9H,10,17H2,1-4H3,(H,18,19,20). The predicted octanol–water partition coefficient (Wildman–Crippen LogP) is 2.95. The zero-order valence-corrected chi connectivity index (χ0v) is 13.0. The van der Waals surface area contributed by atoms with E-state index in [1.807, 2.05) is 19.1 Å². The van der Waals surface area contributed by atoms with E-state index >= 15 is 0 Å². The maximum absolute atomic E-state index is 5.72. The van der Waals surface area contributed by atoms with Gasteiger partial charge in [0.1, 0.15) is 18.2 Å². The van der Waals surface area contributed by atoms with Crippen molar-refractivity contribution in [3.63, 3.8) is 0 Å². The van der Waals surface area contributed by atoms with Crippen LogP contribution < -0.4 is 16.0 Å². The highest BCUT2D eigenvalue weighted by atomic mass is 16.5.